The molecule has 0 radical (unpaired) electrons. The number of thioether (sulfide) groups is 1. The van der Waals surface area contributed by atoms with Gasteiger partial charge in [-0.3, -0.25) is 0 Å². The molecule has 0 unspecified atom stereocenters. The number of nitrogens with zero attached hydrogens (tertiary/aromatic N) is 1. The van der Waals surface area contributed by atoms with Crippen LogP contribution in [0, 0.1) is 0 Å². The third-order valence-electron chi connectivity index (χ3n) is 1.76. The second-order valence-corrected chi connectivity index (χ2v) is 4.33. The van der Waals surface area contributed by atoms with Crippen molar-refractivity contribution < 1.29 is 4.42 Å². The number of rotatable bonds is 3. The van der Waals surface area contributed by atoms with Crippen LogP contribution in [0.4, 0.5) is 5.82 Å². The van der Waals surface area contributed by atoms with Gasteiger partial charge in [-0.2, -0.15) is 0 Å². The minimum atomic E-state index is 0.417. The fourth-order valence-corrected chi connectivity index (χ4v) is 2.09. The van der Waals surface area contributed by atoms with Gasteiger partial charge in [0.1, 0.15) is 11.6 Å². The van der Waals surface area contributed by atoms with Gasteiger partial charge in [0.05, 0.1) is 5.75 Å². The van der Waals surface area contributed by atoms with Gasteiger partial charge < -0.3 is 10.2 Å². The van der Waals surface area contributed by atoms with Crippen LogP contribution in [0.5, 0.6) is 0 Å². The molecule has 0 fully saturated rings. The minimum absolute atomic E-state index is 0.417. The number of nitrogens with two attached hydrogens (primary N) is 1. The molecule has 0 aliphatic carbocycles. The number of hydrogen-bond acceptors (Lipinski definition) is 4. The van der Waals surface area contributed by atoms with Crippen molar-refractivity contribution in [3.8, 4) is 0 Å². The van der Waals surface area contributed by atoms with E-state index in [-0.39, 0.29) is 0 Å². The van der Waals surface area contributed by atoms with Gasteiger partial charge in [-0.05, 0) is 35.9 Å². The number of hydrogen-bond donors (Lipinski definition) is 1. The van der Waals surface area contributed by atoms with Crippen molar-refractivity contribution in [3.63, 3.8) is 0 Å². The summed E-state index contributed by atoms with van der Waals surface area (Å²) in [6.07, 6.45) is 1.69. The van der Waals surface area contributed by atoms with Gasteiger partial charge in [0, 0.05) is 11.1 Å². The van der Waals surface area contributed by atoms with Crippen LogP contribution >= 0.6 is 23.4 Å². The quantitative estimate of drug-likeness (QED) is 0.837. The van der Waals surface area contributed by atoms with Gasteiger partial charge >= 0.3 is 0 Å². The van der Waals surface area contributed by atoms with Crippen LogP contribution in [0.3, 0.4) is 0 Å². The maximum Gasteiger partial charge on any atom is 0.193 e. The smallest absolute Gasteiger partial charge is 0.193 e. The average Bonchev–Trinajstić information content (AvgIpc) is 2.62. The molecule has 0 aliphatic heterocycles. The Balaban J connectivity index is 1.99. The van der Waals surface area contributed by atoms with Crippen LogP contribution in [-0.2, 0) is 5.75 Å². The zero-order valence-corrected chi connectivity index (χ0v) is 9.39. The van der Waals surface area contributed by atoms with Crippen molar-refractivity contribution in [3.05, 3.63) is 41.4 Å². The van der Waals surface area contributed by atoms with Crippen molar-refractivity contribution in [1.82, 2.24) is 4.98 Å². The van der Waals surface area contributed by atoms with Crippen LogP contribution in [-0.4, -0.2) is 4.98 Å². The molecule has 0 aromatic carbocycles. The molecule has 2 aromatic heterocycles. The summed E-state index contributed by atoms with van der Waals surface area (Å²) >= 11 is 7.29. The van der Waals surface area contributed by atoms with E-state index in [2.05, 4.69) is 4.98 Å². The highest BCUT2D eigenvalue weighted by molar-refractivity contribution is 7.98. The number of pyridine rings is 1. The van der Waals surface area contributed by atoms with Gasteiger partial charge in [-0.15, -0.1) is 11.8 Å². The van der Waals surface area contributed by atoms with Crippen molar-refractivity contribution in [2.24, 2.45) is 0 Å². The lowest BCUT2D eigenvalue weighted by molar-refractivity contribution is 0.532. The molecule has 0 bridgehead atoms. The van der Waals surface area contributed by atoms with Crippen LogP contribution in [0.1, 0.15) is 5.76 Å². The van der Waals surface area contributed by atoms with Gasteiger partial charge in [-0.1, -0.05) is 0 Å². The predicted octanol–water partition coefficient (Wildman–Crippen LogP) is 3.20. The summed E-state index contributed by atoms with van der Waals surface area (Å²) in [4.78, 5) is 4.98. The maximum atomic E-state index is 5.66. The average molecular weight is 241 g/mol. The van der Waals surface area contributed by atoms with Crippen LogP contribution in [0.25, 0.3) is 0 Å². The first-order valence-corrected chi connectivity index (χ1v) is 5.69. The first-order chi connectivity index (χ1) is 7.24. The molecular formula is C10H9ClN2OS. The molecule has 3 nitrogen and oxygen atoms in total. The van der Waals surface area contributed by atoms with Crippen molar-refractivity contribution in [2.75, 3.05) is 5.73 Å². The van der Waals surface area contributed by atoms with E-state index in [9.17, 15) is 0 Å². The van der Waals surface area contributed by atoms with Crippen molar-refractivity contribution >= 4 is 29.2 Å². The topological polar surface area (TPSA) is 52.0 Å². The van der Waals surface area contributed by atoms with E-state index in [1.54, 1.807) is 24.0 Å². The molecule has 15 heavy (non-hydrogen) atoms. The maximum absolute atomic E-state index is 5.66. The molecule has 0 atom stereocenters. The van der Waals surface area contributed by atoms with Gasteiger partial charge in [-0.25, -0.2) is 4.98 Å². The van der Waals surface area contributed by atoms with E-state index in [1.807, 2.05) is 18.2 Å². The Labute approximate surface area is 96.6 Å². The lowest BCUT2D eigenvalue weighted by atomic mass is 10.5. The number of furan rings is 1. The Morgan fingerprint density at radius 2 is 2.27 bits per heavy atom. The Kier molecular flexibility index (Phi) is 3.18. The summed E-state index contributed by atoms with van der Waals surface area (Å²) in [7, 11) is 0. The standard InChI is InChI=1S/C10H9ClN2OS/c11-9-2-1-7(14-9)6-15-8-3-4-13-10(12)5-8/h1-5H,6H2,(H2,12,13). The first kappa shape index (κ1) is 10.4. The Morgan fingerprint density at radius 1 is 1.40 bits per heavy atom. The predicted molar refractivity (Wildman–Crippen MR) is 61.9 cm³/mol. The molecule has 2 N–H and O–H groups in total. The summed E-state index contributed by atoms with van der Waals surface area (Å²) in [5.74, 6) is 2.11. The number of aromatic nitrogens is 1. The Bertz CT molecular complexity index is 458. The largest absolute Gasteiger partial charge is 0.449 e. The van der Waals surface area contributed by atoms with Gasteiger partial charge in [0.25, 0.3) is 0 Å². The highest BCUT2D eigenvalue weighted by Gasteiger charge is 2.01. The highest BCUT2D eigenvalue weighted by atomic mass is 35.5. The Hall–Kier alpha value is -1.13. The zero-order valence-electron chi connectivity index (χ0n) is 7.81. The second kappa shape index (κ2) is 4.59. The summed E-state index contributed by atoms with van der Waals surface area (Å²) in [6.45, 7) is 0. The summed E-state index contributed by atoms with van der Waals surface area (Å²) in [5.41, 5.74) is 5.56. The van der Waals surface area contributed by atoms with Crippen LogP contribution < -0.4 is 5.73 Å². The summed E-state index contributed by atoms with van der Waals surface area (Å²) in [6, 6.07) is 7.33. The molecule has 5 heteroatoms. The van der Waals surface area contributed by atoms with Gasteiger partial charge in [0.2, 0.25) is 0 Å². The molecule has 78 valence electrons. The van der Waals surface area contributed by atoms with Crippen LogP contribution in [0.15, 0.2) is 39.8 Å². The zero-order chi connectivity index (χ0) is 10.7. The summed E-state index contributed by atoms with van der Waals surface area (Å²) in [5, 5.41) is 0.417. The molecule has 0 amide bonds. The van der Waals surface area contributed by atoms with Crippen LogP contribution in [0.2, 0.25) is 5.22 Å². The normalized spacial score (nSPS) is 10.5. The van der Waals surface area contributed by atoms with E-state index >= 15 is 0 Å². The minimum Gasteiger partial charge on any atom is -0.449 e. The number of halogens is 1. The fourth-order valence-electron chi connectivity index (χ4n) is 1.10. The van der Waals surface area contributed by atoms with E-state index < -0.39 is 0 Å². The lowest BCUT2D eigenvalue weighted by Crippen LogP contribution is -1.88. The molecule has 0 saturated heterocycles. The molecule has 0 saturated carbocycles. The second-order valence-electron chi connectivity index (χ2n) is 2.91. The van der Waals surface area contributed by atoms with Gasteiger partial charge in [0.15, 0.2) is 5.22 Å². The Morgan fingerprint density at radius 3 is 2.93 bits per heavy atom. The van der Waals surface area contributed by atoms with E-state index in [4.69, 9.17) is 21.8 Å². The molecule has 2 rings (SSSR count). The molecular weight excluding hydrogens is 232 g/mol. The van der Waals surface area contributed by atoms with Crippen molar-refractivity contribution in [1.29, 1.82) is 0 Å². The molecule has 0 spiro atoms. The fraction of sp³-hybridized carbons (Fsp3) is 0.100. The van der Waals surface area contributed by atoms with E-state index in [0.717, 1.165) is 16.4 Å². The highest BCUT2D eigenvalue weighted by Crippen LogP contribution is 2.25. The third kappa shape index (κ3) is 2.91. The molecule has 2 heterocycles. The summed E-state index contributed by atoms with van der Waals surface area (Å²) < 4.78 is 5.23. The van der Waals surface area contributed by atoms with Crippen molar-refractivity contribution in [2.45, 2.75) is 10.6 Å². The molecule has 0 aliphatic rings. The van der Waals surface area contributed by atoms with E-state index in [1.165, 1.54) is 0 Å². The monoisotopic (exact) mass is 240 g/mol. The third-order valence-corrected chi connectivity index (χ3v) is 2.98. The lowest BCUT2D eigenvalue weighted by Gasteiger charge is -1.99. The molecule has 2 aromatic rings. The number of nitrogen functional groups attached to an aromatic ring is 1. The first-order valence-electron chi connectivity index (χ1n) is 4.32. The SMILES string of the molecule is Nc1cc(SCc2ccc(Cl)o2)ccn1. The van der Waals surface area contributed by atoms with E-state index in [0.29, 0.717) is 11.0 Å². The number of anilines is 1.